The van der Waals surface area contributed by atoms with E-state index in [-0.39, 0.29) is 5.79 Å². The maximum atomic E-state index is 13.9. The number of allylic oxidation sites excluding steroid dienone is 3. The molecule has 0 amide bonds. The Morgan fingerprint density at radius 2 is 1.81 bits per heavy atom. The zero-order valence-electron chi connectivity index (χ0n) is 12.6. The molecule has 4 aliphatic rings. The SMILES string of the molecule is C=CC1CC(C2CC3CC4(CC3C2)OCCO4)=CC(F)C1. The number of hydrogen-bond donors (Lipinski definition) is 0. The van der Waals surface area contributed by atoms with Crippen LogP contribution in [0.5, 0.6) is 0 Å². The fourth-order valence-electron chi connectivity index (χ4n) is 5.16. The van der Waals surface area contributed by atoms with Crippen LogP contribution in [0.15, 0.2) is 24.3 Å². The van der Waals surface area contributed by atoms with E-state index >= 15 is 0 Å². The number of fused-ring (bicyclic) bond motifs is 1. The second-order valence-electron chi connectivity index (χ2n) is 7.40. The topological polar surface area (TPSA) is 18.5 Å². The molecule has 4 rings (SSSR count). The quantitative estimate of drug-likeness (QED) is 0.716. The van der Waals surface area contributed by atoms with Gasteiger partial charge in [0.2, 0.25) is 0 Å². The van der Waals surface area contributed by atoms with E-state index in [2.05, 4.69) is 6.58 Å². The standard InChI is InChI=1S/C18H25FO2/c1-2-12-5-13(9-17(19)6-12)14-7-15-10-18(11-16(15)8-14)20-3-4-21-18/h2,9,12,14-17H,1,3-8,10-11H2. The van der Waals surface area contributed by atoms with Crippen molar-refractivity contribution in [2.75, 3.05) is 13.2 Å². The van der Waals surface area contributed by atoms with Gasteiger partial charge in [0.1, 0.15) is 6.17 Å². The third-order valence-electron chi connectivity index (χ3n) is 6.08. The van der Waals surface area contributed by atoms with Gasteiger partial charge in [0.25, 0.3) is 0 Å². The average Bonchev–Trinajstić information content (AvgIpc) is 3.14. The van der Waals surface area contributed by atoms with E-state index in [4.69, 9.17) is 9.47 Å². The lowest BCUT2D eigenvalue weighted by Gasteiger charge is -2.28. The van der Waals surface area contributed by atoms with Gasteiger partial charge in [-0.15, -0.1) is 6.58 Å². The minimum atomic E-state index is -0.773. The van der Waals surface area contributed by atoms with Crippen LogP contribution in [-0.2, 0) is 9.47 Å². The summed E-state index contributed by atoms with van der Waals surface area (Å²) in [5.74, 6) is 2.06. The molecule has 0 aromatic heterocycles. The van der Waals surface area contributed by atoms with Crippen molar-refractivity contribution in [2.24, 2.45) is 23.7 Å². The van der Waals surface area contributed by atoms with E-state index in [1.807, 2.05) is 12.2 Å². The summed E-state index contributed by atoms with van der Waals surface area (Å²) in [4.78, 5) is 0. The van der Waals surface area contributed by atoms with Gasteiger partial charge in [-0.3, -0.25) is 0 Å². The molecule has 0 aromatic rings. The Hall–Kier alpha value is -0.670. The van der Waals surface area contributed by atoms with Crippen molar-refractivity contribution in [3.8, 4) is 0 Å². The van der Waals surface area contributed by atoms with Gasteiger partial charge >= 0.3 is 0 Å². The van der Waals surface area contributed by atoms with Crippen molar-refractivity contribution in [3.05, 3.63) is 24.3 Å². The summed E-state index contributed by atoms with van der Waals surface area (Å²) in [7, 11) is 0. The van der Waals surface area contributed by atoms with Crippen molar-refractivity contribution in [2.45, 2.75) is 50.5 Å². The van der Waals surface area contributed by atoms with Crippen LogP contribution >= 0.6 is 0 Å². The molecule has 4 unspecified atom stereocenters. The fraction of sp³-hybridized carbons (Fsp3) is 0.778. The Kier molecular flexibility index (Phi) is 3.46. The maximum Gasteiger partial charge on any atom is 0.169 e. The largest absolute Gasteiger partial charge is 0.348 e. The molecule has 1 saturated heterocycles. The molecule has 21 heavy (non-hydrogen) atoms. The smallest absolute Gasteiger partial charge is 0.169 e. The molecule has 3 aliphatic carbocycles. The predicted molar refractivity (Wildman–Crippen MR) is 79.5 cm³/mol. The Labute approximate surface area is 126 Å². The highest BCUT2D eigenvalue weighted by molar-refractivity contribution is 5.19. The Morgan fingerprint density at radius 1 is 1.14 bits per heavy atom. The summed E-state index contributed by atoms with van der Waals surface area (Å²) < 4.78 is 25.6. The summed E-state index contributed by atoms with van der Waals surface area (Å²) in [5.41, 5.74) is 1.36. The van der Waals surface area contributed by atoms with E-state index in [0.717, 1.165) is 32.5 Å². The maximum absolute atomic E-state index is 13.9. The Morgan fingerprint density at radius 3 is 2.43 bits per heavy atom. The number of alkyl halides is 1. The lowest BCUT2D eigenvalue weighted by atomic mass is 9.80. The number of halogens is 1. The Balaban J connectivity index is 1.43. The molecule has 3 fully saturated rings. The molecule has 1 heterocycles. The second-order valence-corrected chi connectivity index (χ2v) is 7.40. The first-order chi connectivity index (χ1) is 10.2. The van der Waals surface area contributed by atoms with Gasteiger partial charge in [-0.05, 0) is 49.4 Å². The minimum Gasteiger partial charge on any atom is -0.348 e. The molecule has 1 spiro atoms. The summed E-state index contributed by atoms with van der Waals surface area (Å²) in [6.07, 6.45) is 9.20. The van der Waals surface area contributed by atoms with Gasteiger partial charge in [-0.1, -0.05) is 17.7 Å². The number of hydrogen-bond acceptors (Lipinski definition) is 2. The van der Waals surface area contributed by atoms with Crippen LogP contribution in [0.1, 0.15) is 38.5 Å². The fourth-order valence-corrected chi connectivity index (χ4v) is 5.16. The molecule has 0 N–H and O–H groups in total. The highest BCUT2D eigenvalue weighted by atomic mass is 19.1. The molecule has 1 aliphatic heterocycles. The highest BCUT2D eigenvalue weighted by Crippen LogP contribution is 2.55. The van der Waals surface area contributed by atoms with Crippen LogP contribution in [0.3, 0.4) is 0 Å². The molecule has 0 bridgehead atoms. The van der Waals surface area contributed by atoms with E-state index in [9.17, 15) is 4.39 Å². The lowest BCUT2D eigenvalue weighted by Crippen LogP contribution is -2.27. The molecule has 0 radical (unpaired) electrons. The van der Waals surface area contributed by atoms with Crippen LogP contribution < -0.4 is 0 Å². The van der Waals surface area contributed by atoms with Gasteiger partial charge in [0.15, 0.2) is 5.79 Å². The highest BCUT2D eigenvalue weighted by Gasteiger charge is 2.53. The summed E-state index contributed by atoms with van der Waals surface area (Å²) in [5, 5.41) is 0. The molecule has 2 saturated carbocycles. The normalized spacial score (nSPS) is 44.8. The first-order valence-electron chi connectivity index (χ1n) is 8.42. The number of ether oxygens (including phenoxy) is 2. The van der Waals surface area contributed by atoms with E-state index in [0.29, 0.717) is 30.1 Å². The molecule has 2 nitrogen and oxygen atoms in total. The third-order valence-corrected chi connectivity index (χ3v) is 6.08. The summed E-state index contributed by atoms with van der Waals surface area (Å²) in [6.45, 7) is 5.36. The van der Waals surface area contributed by atoms with E-state index in [1.54, 1.807) is 0 Å². The van der Waals surface area contributed by atoms with Gasteiger partial charge in [-0.2, -0.15) is 0 Å². The Bertz CT molecular complexity index is 436. The van der Waals surface area contributed by atoms with Crippen LogP contribution in [-0.4, -0.2) is 25.2 Å². The first-order valence-corrected chi connectivity index (χ1v) is 8.42. The van der Waals surface area contributed by atoms with Gasteiger partial charge in [0, 0.05) is 12.8 Å². The third kappa shape index (κ3) is 2.49. The molecule has 0 aromatic carbocycles. The molecule has 3 heteroatoms. The van der Waals surface area contributed by atoms with Gasteiger partial charge in [-0.25, -0.2) is 4.39 Å². The predicted octanol–water partition coefficient (Wildman–Crippen LogP) is 4.03. The zero-order chi connectivity index (χ0) is 14.4. The zero-order valence-corrected chi connectivity index (χ0v) is 12.6. The van der Waals surface area contributed by atoms with E-state index in [1.165, 1.54) is 18.4 Å². The molecule has 116 valence electrons. The van der Waals surface area contributed by atoms with Crippen LogP contribution in [0.25, 0.3) is 0 Å². The van der Waals surface area contributed by atoms with Crippen LogP contribution in [0, 0.1) is 23.7 Å². The van der Waals surface area contributed by atoms with Crippen molar-refractivity contribution in [3.63, 3.8) is 0 Å². The minimum absolute atomic E-state index is 0.256. The van der Waals surface area contributed by atoms with Gasteiger partial charge in [0.05, 0.1) is 13.2 Å². The number of rotatable bonds is 2. The second kappa shape index (κ2) is 5.20. The van der Waals surface area contributed by atoms with Crippen LogP contribution in [0.2, 0.25) is 0 Å². The van der Waals surface area contributed by atoms with Crippen molar-refractivity contribution >= 4 is 0 Å². The van der Waals surface area contributed by atoms with Crippen LogP contribution in [0.4, 0.5) is 4.39 Å². The lowest BCUT2D eigenvalue weighted by molar-refractivity contribution is -0.155. The van der Waals surface area contributed by atoms with Gasteiger partial charge < -0.3 is 9.47 Å². The van der Waals surface area contributed by atoms with Crippen molar-refractivity contribution in [1.29, 1.82) is 0 Å². The summed E-state index contributed by atoms with van der Waals surface area (Å²) >= 11 is 0. The monoisotopic (exact) mass is 292 g/mol. The average molecular weight is 292 g/mol. The molecular weight excluding hydrogens is 267 g/mol. The summed E-state index contributed by atoms with van der Waals surface area (Å²) in [6, 6.07) is 0. The van der Waals surface area contributed by atoms with E-state index < -0.39 is 6.17 Å². The first kappa shape index (κ1) is 14.0. The van der Waals surface area contributed by atoms with Crippen molar-refractivity contribution in [1.82, 2.24) is 0 Å². The molecular formula is C18H25FO2. The van der Waals surface area contributed by atoms with Crippen molar-refractivity contribution < 1.29 is 13.9 Å². The molecule has 4 atom stereocenters.